The molecule has 2 saturated heterocycles. The van der Waals surface area contributed by atoms with E-state index in [1.54, 1.807) is 21.9 Å². The maximum atomic E-state index is 13.7. The first-order chi connectivity index (χ1) is 17.2. The van der Waals surface area contributed by atoms with Crippen LogP contribution in [0.5, 0.6) is 5.75 Å². The molecule has 0 radical (unpaired) electrons. The van der Waals surface area contributed by atoms with E-state index in [1.165, 1.54) is 6.07 Å². The Kier molecular flexibility index (Phi) is 8.66. The van der Waals surface area contributed by atoms with Crippen molar-refractivity contribution >= 4 is 33.5 Å². The molecule has 2 heterocycles. The average Bonchev–Trinajstić information content (AvgIpc) is 3.33. The fraction of sp³-hybridized carbons (Fsp3) is 0.577. The van der Waals surface area contributed by atoms with Gasteiger partial charge in [0.2, 0.25) is 5.91 Å². The number of carbonyl (C=O) groups is 2. The molecule has 0 spiro atoms. The van der Waals surface area contributed by atoms with E-state index in [-0.39, 0.29) is 48.2 Å². The Labute approximate surface area is 219 Å². The SMILES string of the molecule is C[C@@H]1CN(C(=O)C(=N)C2=C(NCC(=O)N3CCC(Oc4cccc(F)c4Br)CC3)CCC2)C[C@H](C)O1. The molecule has 2 N–H and O–H groups in total. The Morgan fingerprint density at radius 3 is 2.56 bits per heavy atom. The number of halogens is 2. The molecule has 2 fully saturated rings. The number of morpholine rings is 1. The summed E-state index contributed by atoms with van der Waals surface area (Å²) in [6.07, 6.45) is 3.39. The van der Waals surface area contributed by atoms with Crippen LogP contribution in [0.15, 0.2) is 33.9 Å². The topological polar surface area (TPSA) is 95.0 Å². The van der Waals surface area contributed by atoms with E-state index in [9.17, 15) is 14.0 Å². The molecule has 3 aliphatic rings. The molecular formula is C26H34BrFN4O4. The van der Waals surface area contributed by atoms with Gasteiger partial charge in [0.15, 0.2) is 0 Å². The van der Waals surface area contributed by atoms with Gasteiger partial charge in [-0.3, -0.25) is 15.0 Å². The predicted octanol–water partition coefficient (Wildman–Crippen LogP) is 3.64. The molecule has 0 bridgehead atoms. The average molecular weight is 565 g/mol. The fourth-order valence-corrected chi connectivity index (χ4v) is 5.48. The number of hydrogen-bond acceptors (Lipinski definition) is 6. The van der Waals surface area contributed by atoms with Crippen LogP contribution < -0.4 is 10.1 Å². The highest BCUT2D eigenvalue weighted by atomic mass is 79.9. The van der Waals surface area contributed by atoms with Crippen LogP contribution in [-0.2, 0) is 14.3 Å². The molecule has 10 heteroatoms. The zero-order valence-corrected chi connectivity index (χ0v) is 22.4. The van der Waals surface area contributed by atoms with Gasteiger partial charge in [-0.05, 0) is 61.2 Å². The summed E-state index contributed by atoms with van der Waals surface area (Å²) in [6.45, 7) is 6.08. The van der Waals surface area contributed by atoms with Gasteiger partial charge in [-0.15, -0.1) is 0 Å². The normalized spacial score (nSPS) is 23.1. The first-order valence-corrected chi connectivity index (χ1v) is 13.4. The van der Waals surface area contributed by atoms with E-state index >= 15 is 0 Å². The fourth-order valence-electron chi connectivity index (χ4n) is 5.12. The van der Waals surface area contributed by atoms with Gasteiger partial charge in [0, 0.05) is 50.3 Å². The third kappa shape index (κ3) is 6.26. The predicted molar refractivity (Wildman–Crippen MR) is 138 cm³/mol. The molecule has 0 unspecified atom stereocenters. The Morgan fingerprint density at radius 1 is 1.17 bits per heavy atom. The quantitative estimate of drug-likeness (QED) is 0.493. The van der Waals surface area contributed by atoms with Gasteiger partial charge >= 0.3 is 0 Å². The van der Waals surface area contributed by atoms with Gasteiger partial charge in [-0.2, -0.15) is 0 Å². The number of likely N-dealkylation sites (tertiary alicyclic amines) is 1. The highest BCUT2D eigenvalue weighted by Crippen LogP contribution is 2.30. The summed E-state index contributed by atoms with van der Waals surface area (Å²) < 4.78 is 25.7. The van der Waals surface area contributed by atoms with Crippen LogP contribution in [0.1, 0.15) is 46.0 Å². The lowest BCUT2D eigenvalue weighted by Gasteiger charge is -2.35. The van der Waals surface area contributed by atoms with E-state index in [0.717, 1.165) is 18.5 Å². The number of amides is 2. The number of hydrogen-bond donors (Lipinski definition) is 2. The van der Waals surface area contributed by atoms with Crippen LogP contribution in [0.4, 0.5) is 4.39 Å². The molecule has 0 aromatic heterocycles. The summed E-state index contributed by atoms with van der Waals surface area (Å²) in [7, 11) is 0. The number of carbonyl (C=O) groups excluding carboxylic acids is 2. The number of benzene rings is 1. The van der Waals surface area contributed by atoms with Crippen molar-refractivity contribution in [3.8, 4) is 5.75 Å². The van der Waals surface area contributed by atoms with E-state index in [2.05, 4.69) is 21.2 Å². The number of nitrogens with one attached hydrogen (secondary N) is 2. The number of ether oxygens (including phenoxy) is 2. The maximum absolute atomic E-state index is 13.7. The minimum absolute atomic E-state index is 0.0187. The molecule has 2 amide bonds. The molecule has 0 saturated carbocycles. The Bertz CT molecular complexity index is 1030. The molecule has 2 aliphatic heterocycles. The molecule has 1 aromatic rings. The highest BCUT2D eigenvalue weighted by molar-refractivity contribution is 9.10. The van der Waals surface area contributed by atoms with Gasteiger partial charge in [0.1, 0.15) is 23.4 Å². The van der Waals surface area contributed by atoms with Crippen LogP contribution >= 0.6 is 15.9 Å². The second-order valence-corrected chi connectivity index (χ2v) is 10.5. The highest BCUT2D eigenvalue weighted by Gasteiger charge is 2.32. The van der Waals surface area contributed by atoms with Crippen molar-refractivity contribution in [1.82, 2.24) is 15.1 Å². The van der Waals surface area contributed by atoms with Crippen LogP contribution in [0, 0.1) is 11.2 Å². The third-order valence-corrected chi connectivity index (χ3v) is 7.67. The smallest absolute Gasteiger partial charge is 0.272 e. The minimum atomic E-state index is -0.365. The van der Waals surface area contributed by atoms with E-state index in [0.29, 0.717) is 61.2 Å². The molecular weight excluding hydrogens is 531 g/mol. The van der Waals surface area contributed by atoms with Gasteiger partial charge in [0.25, 0.3) is 5.91 Å². The summed E-state index contributed by atoms with van der Waals surface area (Å²) in [5, 5.41) is 11.8. The van der Waals surface area contributed by atoms with Crippen LogP contribution in [-0.4, -0.2) is 78.4 Å². The van der Waals surface area contributed by atoms with Gasteiger partial charge in [-0.1, -0.05) is 6.07 Å². The lowest BCUT2D eigenvalue weighted by atomic mass is 10.1. The minimum Gasteiger partial charge on any atom is -0.489 e. The lowest BCUT2D eigenvalue weighted by molar-refractivity contribution is -0.136. The zero-order chi connectivity index (χ0) is 25.8. The van der Waals surface area contributed by atoms with Gasteiger partial charge < -0.3 is 24.6 Å². The molecule has 196 valence electrons. The first kappa shape index (κ1) is 26.6. The molecule has 8 nitrogen and oxygen atoms in total. The van der Waals surface area contributed by atoms with Gasteiger partial charge in [0.05, 0.1) is 23.2 Å². The second-order valence-electron chi connectivity index (χ2n) is 9.76. The number of nitrogens with zero attached hydrogens (tertiary/aromatic N) is 2. The van der Waals surface area contributed by atoms with E-state index < -0.39 is 0 Å². The molecule has 36 heavy (non-hydrogen) atoms. The van der Waals surface area contributed by atoms with Crippen molar-refractivity contribution in [2.75, 3.05) is 32.7 Å². The standard InChI is InChI=1S/C26H34BrFN4O4/c1-16-14-32(15-17(2)35-16)26(34)25(29)19-5-3-7-21(19)30-13-23(33)31-11-9-18(10-12-31)36-22-8-4-6-20(28)24(22)27/h4,6,8,16-18,29-30H,3,5,7,9-15H2,1-2H3/t16-,17+. The molecule has 1 aliphatic carbocycles. The Hall–Kier alpha value is -2.46. The summed E-state index contributed by atoms with van der Waals surface area (Å²) in [6, 6.07) is 4.71. The van der Waals surface area contributed by atoms with Crippen molar-refractivity contribution < 1.29 is 23.5 Å². The summed E-state index contributed by atoms with van der Waals surface area (Å²) in [5.41, 5.74) is 1.56. The van der Waals surface area contributed by atoms with Gasteiger partial charge in [-0.25, -0.2) is 4.39 Å². The molecule has 1 aromatic carbocycles. The van der Waals surface area contributed by atoms with Crippen LogP contribution in [0.3, 0.4) is 0 Å². The second kappa shape index (κ2) is 11.7. The first-order valence-electron chi connectivity index (χ1n) is 12.6. The van der Waals surface area contributed by atoms with Crippen molar-refractivity contribution in [3.63, 3.8) is 0 Å². The van der Waals surface area contributed by atoms with Crippen molar-refractivity contribution in [1.29, 1.82) is 5.41 Å². The van der Waals surface area contributed by atoms with E-state index in [4.69, 9.17) is 14.9 Å². The molecule has 2 atom stereocenters. The number of piperidine rings is 1. The monoisotopic (exact) mass is 564 g/mol. The van der Waals surface area contributed by atoms with Crippen LogP contribution in [0.2, 0.25) is 0 Å². The summed E-state index contributed by atoms with van der Waals surface area (Å²) in [4.78, 5) is 29.3. The number of rotatable bonds is 7. The molecule has 4 rings (SSSR count). The van der Waals surface area contributed by atoms with Crippen molar-refractivity contribution in [2.45, 2.75) is 64.3 Å². The van der Waals surface area contributed by atoms with Crippen LogP contribution in [0.25, 0.3) is 0 Å². The summed E-state index contributed by atoms with van der Waals surface area (Å²) in [5.74, 6) is -0.185. The largest absolute Gasteiger partial charge is 0.489 e. The van der Waals surface area contributed by atoms with Crippen molar-refractivity contribution in [2.24, 2.45) is 0 Å². The van der Waals surface area contributed by atoms with Crippen molar-refractivity contribution in [3.05, 3.63) is 39.8 Å². The Morgan fingerprint density at radius 2 is 1.86 bits per heavy atom. The van der Waals surface area contributed by atoms with E-state index in [1.807, 2.05) is 13.8 Å². The maximum Gasteiger partial charge on any atom is 0.272 e. The number of allylic oxidation sites excluding steroid dienone is 1. The lowest BCUT2D eigenvalue weighted by Crippen LogP contribution is -2.50. The zero-order valence-electron chi connectivity index (χ0n) is 20.8. The Balaban J connectivity index is 1.27. The summed E-state index contributed by atoms with van der Waals surface area (Å²) >= 11 is 3.22. The third-order valence-electron chi connectivity index (χ3n) is 6.90.